The van der Waals surface area contributed by atoms with Gasteiger partial charge in [-0.3, -0.25) is 4.79 Å². The number of hydrogen-bond donors (Lipinski definition) is 2. The van der Waals surface area contributed by atoms with E-state index in [1.54, 1.807) is 13.0 Å². The van der Waals surface area contributed by atoms with E-state index in [9.17, 15) is 13.2 Å². The number of hydrogen-bond acceptors (Lipinski definition) is 4. The van der Waals surface area contributed by atoms with Crippen LogP contribution in [0.15, 0.2) is 77.7 Å². The Bertz CT molecular complexity index is 1180. The SMILES string of the molecule is CCOc1cccc(C(C)NC(=O)c2cc(S(=O)(=O)NCc3ccccc3)ccc2C)c1. The van der Waals surface area contributed by atoms with Crippen molar-refractivity contribution in [2.75, 3.05) is 6.61 Å². The lowest BCUT2D eigenvalue weighted by Gasteiger charge is -2.17. The molecule has 1 unspecified atom stereocenters. The first-order chi connectivity index (χ1) is 15.3. The number of ether oxygens (including phenoxy) is 1. The van der Waals surface area contributed by atoms with Crippen molar-refractivity contribution in [3.8, 4) is 5.75 Å². The van der Waals surface area contributed by atoms with Gasteiger partial charge in [0.2, 0.25) is 10.0 Å². The van der Waals surface area contributed by atoms with Crippen LogP contribution in [0.1, 0.15) is 46.9 Å². The van der Waals surface area contributed by atoms with Gasteiger partial charge in [0.25, 0.3) is 5.91 Å². The molecule has 32 heavy (non-hydrogen) atoms. The zero-order chi connectivity index (χ0) is 23.1. The molecule has 0 spiro atoms. The van der Waals surface area contributed by atoms with E-state index in [0.29, 0.717) is 17.7 Å². The Hall–Kier alpha value is -3.16. The summed E-state index contributed by atoms with van der Waals surface area (Å²) >= 11 is 0. The maximum atomic E-state index is 13.0. The normalized spacial score (nSPS) is 12.2. The molecule has 168 valence electrons. The molecule has 0 bridgehead atoms. The van der Waals surface area contributed by atoms with E-state index >= 15 is 0 Å². The lowest BCUT2D eigenvalue weighted by Crippen LogP contribution is -2.28. The van der Waals surface area contributed by atoms with E-state index in [0.717, 1.165) is 16.9 Å². The molecule has 0 aliphatic carbocycles. The molecule has 0 radical (unpaired) electrons. The van der Waals surface area contributed by atoms with Crippen molar-refractivity contribution in [1.82, 2.24) is 10.0 Å². The first-order valence-corrected chi connectivity index (χ1v) is 12.0. The quantitative estimate of drug-likeness (QED) is 0.505. The lowest BCUT2D eigenvalue weighted by atomic mass is 10.1. The van der Waals surface area contributed by atoms with E-state index in [2.05, 4.69) is 10.0 Å². The van der Waals surface area contributed by atoms with Crippen LogP contribution < -0.4 is 14.8 Å². The van der Waals surface area contributed by atoms with Gasteiger partial charge in [0, 0.05) is 12.1 Å². The zero-order valence-electron chi connectivity index (χ0n) is 18.5. The minimum atomic E-state index is -3.77. The summed E-state index contributed by atoms with van der Waals surface area (Å²) < 4.78 is 33.7. The topological polar surface area (TPSA) is 84.5 Å². The van der Waals surface area contributed by atoms with Gasteiger partial charge in [0.05, 0.1) is 17.5 Å². The number of rotatable bonds is 9. The van der Waals surface area contributed by atoms with Gasteiger partial charge in [-0.05, 0) is 61.7 Å². The second kappa shape index (κ2) is 10.4. The fraction of sp³-hybridized carbons (Fsp3) is 0.240. The standard InChI is InChI=1S/C25H28N2O4S/c1-4-31-22-12-8-11-21(15-22)19(3)27-25(28)24-16-23(14-13-18(24)2)32(29,30)26-17-20-9-6-5-7-10-20/h5-16,19,26H,4,17H2,1-3H3,(H,27,28). The van der Waals surface area contributed by atoms with Gasteiger partial charge in [-0.25, -0.2) is 13.1 Å². The summed E-state index contributed by atoms with van der Waals surface area (Å²) in [7, 11) is -3.77. The van der Waals surface area contributed by atoms with Crippen LogP contribution in [-0.2, 0) is 16.6 Å². The van der Waals surface area contributed by atoms with Gasteiger partial charge in [-0.15, -0.1) is 0 Å². The number of sulfonamides is 1. The number of nitrogens with one attached hydrogen (secondary N) is 2. The second-order valence-electron chi connectivity index (χ2n) is 7.49. The monoisotopic (exact) mass is 452 g/mol. The molecule has 6 nitrogen and oxygen atoms in total. The van der Waals surface area contributed by atoms with Crippen molar-refractivity contribution in [2.45, 2.75) is 38.3 Å². The van der Waals surface area contributed by atoms with Crippen LogP contribution in [-0.4, -0.2) is 20.9 Å². The summed E-state index contributed by atoms with van der Waals surface area (Å²) in [5.74, 6) is 0.400. The molecule has 0 fully saturated rings. The summed E-state index contributed by atoms with van der Waals surface area (Å²) in [6.07, 6.45) is 0. The molecule has 7 heteroatoms. The van der Waals surface area contributed by atoms with Crippen molar-refractivity contribution < 1.29 is 17.9 Å². The molecule has 0 saturated heterocycles. The van der Waals surface area contributed by atoms with E-state index in [4.69, 9.17) is 4.74 Å². The number of benzene rings is 3. The molecule has 3 rings (SSSR count). The minimum Gasteiger partial charge on any atom is -0.494 e. The van der Waals surface area contributed by atoms with Crippen molar-refractivity contribution in [3.05, 3.63) is 95.1 Å². The molecule has 3 aromatic carbocycles. The lowest BCUT2D eigenvalue weighted by molar-refractivity contribution is 0.0939. The number of carbonyl (C=O) groups excluding carboxylic acids is 1. The Morgan fingerprint density at radius 3 is 2.47 bits per heavy atom. The molecule has 0 aromatic heterocycles. The Morgan fingerprint density at radius 1 is 1.00 bits per heavy atom. The highest BCUT2D eigenvalue weighted by atomic mass is 32.2. The first-order valence-electron chi connectivity index (χ1n) is 10.5. The molecule has 0 heterocycles. The predicted molar refractivity (Wildman–Crippen MR) is 125 cm³/mol. The predicted octanol–water partition coefficient (Wildman–Crippen LogP) is 4.36. The maximum absolute atomic E-state index is 13.0. The molecule has 2 N–H and O–H groups in total. The summed E-state index contributed by atoms with van der Waals surface area (Å²) in [4.78, 5) is 13.0. The summed E-state index contributed by atoms with van der Waals surface area (Å²) in [6, 6.07) is 21.1. The van der Waals surface area contributed by atoms with Crippen molar-refractivity contribution in [1.29, 1.82) is 0 Å². The molecule has 0 aliphatic rings. The smallest absolute Gasteiger partial charge is 0.252 e. The van der Waals surface area contributed by atoms with Crippen molar-refractivity contribution in [2.24, 2.45) is 0 Å². The van der Waals surface area contributed by atoms with Gasteiger partial charge in [-0.1, -0.05) is 48.5 Å². The fourth-order valence-electron chi connectivity index (χ4n) is 3.27. The highest BCUT2D eigenvalue weighted by molar-refractivity contribution is 7.89. The highest BCUT2D eigenvalue weighted by Gasteiger charge is 2.19. The van der Waals surface area contributed by atoms with Crippen molar-refractivity contribution in [3.63, 3.8) is 0 Å². The average Bonchev–Trinajstić information content (AvgIpc) is 2.79. The summed E-state index contributed by atoms with van der Waals surface area (Å²) in [5, 5.41) is 2.95. The third-order valence-corrected chi connectivity index (χ3v) is 6.49. The largest absolute Gasteiger partial charge is 0.494 e. The molecule has 3 aromatic rings. The van der Waals surface area contributed by atoms with Crippen LogP contribution in [0.3, 0.4) is 0 Å². The molecule has 1 amide bonds. The van der Waals surface area contributed by atoms with Crippen LogP contribution in [0.4, 0.5) is 0 Å². The van der Waals surface area contributed by atoms with E-state index < -0.39 is 10.0 Å². The zero-order valence-corrected chi connectivity index (χ0v) is 19.3. The Balaban J connectivity index is 1.75. The molecule has 0 aliphatic heterocycles. The molecule has 0 saturated carbocycles. The molecular weight excluding hydrogens is 424 g/mol. The van der Waals surface area contributed by atoms with Gasteiger partial charge >= 0.3 is 0 Å². The van der Waals surface area contributed by atoms with Crippen LogP contribution >= 0.6 is 0 Å². The van der Waals surface area contributed by atoms with Crippen LogP contribution in [0, 0.1) is 6.92 Å². The average molecular weight is 453 g/mol. The Morgan fingerprint density at radius 2 is 1.75 bits per heavy atom. The van der Waals surface area contributed by atoms with Gasteiger partial charge in [0.15, 0.2) is 0 Å². The van der Waals surface area contributed by atoms with E-state index in [1.807, 2.05) is 68.4 Å². The Kier molecular flexibility index (Phi) is 7.66. The van der Waals surface area contributed by atoms with E-state index in [-0.39, 0.29) is 23.4 Å². The third-order valence-electron chi connectivity index (χ3n) is 5.09. The van der Waals surface area contributed by atoms with Gasteiger partial charge < -0.3 is 10.1 Å². The third kappa shape index (κ3) is 5.96. The maximum Gasteiger partial charge on any atom is 0.252 e. The van der Waals surface area contributed by atoms with Crippen LogP contribution in [0.5, 0.6) is 5.75 Å². The van der Waals surface area contributed by atoms with Gasteiger partial charge in [-0.2, -0.15) is 0 Å². The minimum absolute atomic E-state index is 0.0511. The highest BCUT2D eigenvalue weighted by Crippen LogP contribution is 2.21. The van der Waals surface area contributed by atoms with Crippen LogP contribution in [0.2, 0.25) is 0 Å². The van der Waals surface area contributed by atoms with E-state index in [1.165, 1.54) is 12.1 Å². The number of carbonyl (C=O) groups is 1. The fourth-order valence-corrected chi connectivity index (χ4v) is 4.31. The van der Waals surface area contributed by atoms with Crippen LogP contribution in [0.25, 0.3) is 0 Å². The molecule has 1 atom stereocenters. The summed E-state index contributed by atoms with van der Waals surface area (Å²) in [6.45, 7) is 6.30. The van der Waals surface area contributed by atoms with Gasteiger partial charge in [0.1, 0.15) is 5.75 Å². The Labute approximate surface area is 189 Å². The first kappa shape index (κ1) is 23.5. The number of aryl methyl sites for hydroxylation is 1. The van der Waals surface area contributed by atoms with Crippen molar-refractivity contribution >= 4 is 15.9 Å². The molecular formula is C25H28N2O4S. The summed E-state index contributed by atoms with van der Waals surface area (Å²) in [5.41, 5.74) is 2.76. The number of amides is 1. The second-order valence-corrected chi connectivity index (χ2v) is 9.25.